The number of carbonyl (C=O) groups excluding carboxylic acids is 2. The highest BCUT2D eigenvalue weighted by atomic mass is 16.5. The molecule has 0 radical (unpaired) electrons. The molecule has 0 saturated carbocycles. The lowest BCUT2D eigenvalue weighted by molar-refractivity contribution is -0.124. The molecule has 2 heterocycles. The summed E-state index contributed by atoms with van der Waals surface area (Å²) >= 11 is 0. The van der Waals surface area contributed by atoms with E-state index in [2.05, 4.69) is 10.4 Å². The lowest BCUT2D eigenvalue weighted by Gasteiger charge is -2.18. The predicted octanol–water partition coefficient (Wildman–Crippen LogP) is 3.27. The maximum absolute atomic E-state index is 13.1. The van der Waals surface area contributed by atoms with Crippen LogP contribution in [0.1, 0.15) is 21.7 Å². The number of carbonyl (C=O) groups is 2. The van der Waals surface area contributed by atoms with Crippen LogP contribution in [0.3, 0.4) is 0 Å². The molecule has 0 unspecified atom stereocenters. The number of methoxy groups -OCH3 is 2. The van der Waals surface area contributed by atoms with Crippen molar-refractivity contribution >= 4 is 23.7 Å². The fraction of sp³-hybridized carbons (Fsp3) is 0.0870. The molecule has 0 aliphatic carbocycles. The second-order valence-electron chi connectivity index (χ2n) is 6.50. The van der Waals surface area contributed by atoms with E-state index in [0.29, 0.717) is 28.5 Å². The minimum Gasteiger partial charge on any atom is -0.493 e. The van der Waals surface area contributed by atoms with Crippen LogP contribution in [-0.2, 0) is 4.79 Å². The Hall–Kier alpha value is -4.33. The molecule has 1 N–H and O–H groups in total. The first-order chi connectivity index (χ1) is 15.1. The van der Waals surface area contributed by atoms with Crippen LogP contribution in [0, 0.1) is 0 Å². The third kappa shape index (κ3) is 4.04. The summed E-state index contributed by atoms with van der Waals surface area (Å²) in [6.45, 7) is 0. The fourth-order valence-corrected chi connectivity index (χ4v) is 3.07. The van der Waals surface area contributed by atoms with Gasteiger partial charge in [0.1, 0.15) is 5.70 Å². The zero-order valence-electron chi connectivity index (χ0n) is 16.9. The first-order valence-electron chi connectivity index (χ1n) is 9.37. The molecule has 8 nitrogen and oxygen atoms in total. The monoisotopic (exact) mass is 417 g/mol. The Labute approximate surface area is 178 Å². The average molecular weight is 417 g/mol. The molecule has 156 valence electrons. The summed E-state index contributed by atoms with van der Waals surface area (Å²) in [4.78, 5) is 30.1. The van der Waals surface area contributed by atoms with Gasteiger partial charge in [0.2, 0.25) is 0 Å². The van der Waals surface area contributed by atoms with Crippen LogP contribution in [-0.4, -0.2) is 36.9 Å². The molecule has 1 aliphatic rings. The highest BCUT2D eigenvalue weighted by molar-refractivity contribution is 6.20. The minimum absolute atomic E-state index is 0.0810. The lowest BCUT2D eigenvalue weighted by Crippen LogP contribution is -2.47. The van der Waals surface area contributed by atoms with Crippen LogP contribution in [0.25, 0.3) is 6.08 Å². The lowest BCUT2D eigenvalue weighted by atomic mass is 10.1. The van der Waals surface area contributed by atoms with Crippen molar-refractivity contribution in [1.29, 1.82) is 0 Å². The van der Waals surface area contributed by atoms with Crippen LogP contribution in [0.4, 0.5) is 0 Å². The van der Waals surface area contributed by atoms with Crippen molar-refractivity contribution in [1.82, 2.24) is 10.4 Å². The smallest absolute Gasteiger partial charge is 0.305 e. The Balaban J connectivity index is 1.71. The summed E-state index contributed by atoms with van der Waals surface area (Å²) in [6, 6.07) is 17.5. The summed E-state index contributed by atoms with van der Waals surface area (Å²) < 4.78 is 15.7. The van der Waals surface area contributed by atoms with E-state index in [-0.39, 0.29) is 11.5 Å². The van der Waals surface area contributed by atoms with Crippen molar-refractivity contribution in [2.75, 3.05) is 14.2 Å². The number of hydrazine groups is 1. The van der Waals surface area contributed by atoms with Crippen molar-refractivity contribution in [2.45, 2.75) is 0 Å². The second kappa shape index (κ2) is 8.58. The molecule has 0 spiro atoms. The average Bonchev–Trinajstić information content (AvgIpc) is 3.44. The number of furan rings is 1. The van der Waals surface area contributed by atoms with E-state index < -0.39 is 11.8 Å². The highest BCUT2D eigenvalue weighted by Gasteiger charge is 2.33. The molecule has 0 atom stereocenters. The largest absolute Gasteiger partial charge is 0.493 e. The van der Waals surface area contributed by atoms with Crippen molar-refractivity contribution < 1.29 is 23.5 Å². The van der Waals surface area contributed by atoms with Gasteiger partial charge in [-0.25, -0.2) is 4.99 Å². The van der Waals surface area contributed by atoms with Crippen molar-refractivity contribution in [3.63, 3.8) is 0 Å². The normalized spacial score (nSPS) is 14.5. The number of hydrogen-bond donors (Lipinski definition) is 1. The topological polar surface area (TPSA) is 93.4 Å². The first-order valence-corrected chi connectivity index (χ1v) is 9.37. The Morgan fingerprint density at radius 2 is 1.81 bits per heavy atom. The van der Waals surface area contributed by atoms with Gasteiger partial charge in [-0.15, -0.1) is 0 Å². The Morgan fingerprint density at radius 3 is 2.48 bits per heavy atom. The van der Waals surface area contributed by atoms with Gasteiger partial charge in [0.25, 0.3) is 5.91 Å². The molecular formula is C23H19N3O5. The van der Waals surface area contributed by atoms with Crippen molar-refractivity contribution in [3.8, 4) is 11.5 Å². The molecule has 2 aromatic carbocycles. The van der Waals surface area contributed by atoms with E-state index in [1.165, 1.54) is 19.4 Å². The number of nitrogens with zero attached hydrogens (tertiary/aromatic N) is 2. The van der Waals surface area contributed by atoms with Gasteiger partial charge in [-0.1, -0.05) is 36.4 Å². The quantitative estimate of drug-likeness (QED) is 0.622. The van der Waals surface area contributed by atoms with E-state index >= 15 is 0 Å². The molecule has 1 aromatic heterocycles. The molecule has 1 aliphatic heterocycles. The van der Waals surface area contributed by atoms with Gasteiger partial charge in [-0.2, -0.15) is 5.01 Å². The van der Waals surface area contributed by atoms with Gasteiger partial charge in [0.15, 0.2) is 23.1 Å². The standard InChI is InChI=1S/C23H19N3O5/c1-29-18-11-10-15(14-20(18)30-2)13-17-23(28)26(25-22(27)19-9-6-12-31-19)21(24-17)16-7-4-3-5-8-16/h3-14H,1-2H3,(H,25,27)/b17-13+. The summed E-state index contributed by atoms with van der Waals surface area (Å²) in [5.74, 6) is 0.443. The van der Waals surface area contributed by atoms with Gasteiger partial charge < -0.3 is 13.9 Å². The number of aliphatic imine (C=N–C) groups is 1. The van der Waals surface area contributed by atoms with Crippen LogP contribution in [0.2, 0.25) is 0 Å². The maximum Gasteiger partial charge on any atom is 0.305 e. The second-order valence-corrected chi connectivity index (χ2v) is 6.50. The molecular weight excluding hydrogens is 398 g/mol. The SMILES string of the molecule is COc1ccc(/C=C2/N=C(c3ccccc3)N(NC(=O)c3ccco3)C2=O)cc1OC. The molecule has 2 amide bonds. The first kappa shape index (κ1) is 20.0. The fourth-order valence-electron chi connectivity index (χ4n) is 3.07. The molecule has 4 rings (SSSR count). The van der Waals surface area contributed by atoms with Crippen LogP contribution < -0.4 is 14.9 Å². The van der Waals surface area contributed by atoms with Gasteiger partial charge in [-0.05, 0) is 35.9 Å². The summed E-state index contributed by atoms with van der Waals surface area (Å²) in [5.41, 5.74) is 4.09. The summed E-state index contributed by atoms with van der Waals surface area (Å²) in [6.07, 6.45) is 3.00. The van der Waals surface area contributed by atoms with Crippen LogP contribution in [0.15, 0.2) is 82.0 Å². The molecule has 3 aromatic rings. The van der Waals surface area contributed by atoms with Gasteiger partial charge in [0.05, 0.1) is 20.5 Å². The van der Waals surface area contributed by atoms with Crippen molar-refractivity contribution in [3.05, 3.63) is 89.5 Å². The van der Waals surface area contributed by atoms with E-state index in [4.69, 9.17) is 13.9 Å². The number of hydrogen-bond acceptors (Lipinski definition) is 6. The maximum atomic E-state index is 13.1. The number of amides is 2. The van der Waals surface area contributed by atoms with Crippen molar-refractivity contribution in [2.24, 2.45) is 4.99 Å². The Kier molecular flexibility index (Phi) is 5.53. The van der Waals surface area contributed by atoms with Gasteiger partial charge in [0, 0.05) is 5.56 Å². The Bertz CT molecular complexity index is 1170. The molecule has 0 bridgehead atoms. The molecule has 0 saturated heterocycles. The van der Waals surface area contributed by atoms with Crippen LogP contribution in [0.5, 0.6) is 11.5 Å². The number of ether oxygens (including phenoxy) is 2. The molecule has 0 fully saturated rings. The Morgan fingerprint density at radius 1 is 1.03 bits per heavy atom. The zero-order chi connectivity index (χ0) is 21.8. The molecule has 31 heavy (non-hydrogen) atoms. The summed E-state index contributed by atoms with van der Waals surface area (Å²) in [5, 5.41) is 1.12. The van der Waals surface area contributed by atoms with Gasteiger partial charge in [-0.3, -0.25) is 15.0 Å². The molecule has 8 heteroatoms. The van der Waals surface area contributed by atoms with E-state index in [1.54, 1.807) is 49.6 Å². The zero-order valence-corrected chi connectivity index (χ0v) is 16.9. The number of rotatable bonds is 6. The predicted molar refractivity (Wildman–Crippen MR) is 114 cm³/mol. The highest BCUT2D eigenvalue weighted by Crippen LogP contribution is 2.29. The summed E-state index contributed by atoms with van der Waals surface area (Å²) in [7, 11) is 3.08. The van der Waals surface area contributed by atoms with Gasteiger partial charge >= 0.3 is 5.91 Å². The van der Waals surface area contributed by atoms with E-state index in [9.17, 15) is 9.59 Å². The third-order valence-corrected chi connectivity index (χ3v) is 4.56. The number of amidine groups is 1. The van der Waals surface area contributed by atoms with E-state index in [1.807, 2.05) is 18.2 Å². The number of benzene rings is 2. The third-order valence-electron chi connectivity index (χ3n) is 4.56. The number of nitrogens with one attached hydrogen (secondary N) is 1. The van der Waals surface area contributed by atoms with E-state index in [0.717, 1.165) is 5.01 Å². The van der Waals surface area contributed by atoms with Crippen LogP contribution >= 0.6 is 0 Å². The minimum atomic E-state index is -0.561.